The summed E-state index contributed by atoms with van der Waals surface area (Å²) in [6, 6.07) is 9.10. The molecule has 1 saturated heterocycles. The van der Waals surface area contributed by atoms with Crippen molar-refractivity contribution in [1.82, 2.24) is 10.2 Å². The lowest BCUT2D eigenvalue weighted by Crippen LogP contribution is -2.42. The molecule has 0 saturated carbocycles. The highest BCUT2D eigenvalue weighted by molar-refractivity contribution is 5.85. The molecule has 0 spiro atoms. The van der Waals surface area contributed by atoms with Gasteiger partial charge in [-0.15, -0.1) is 0 Å². The van der Waals surface area contributed by atoms with Crippen LogP contribution in [0.5, 0.6) is 0 Å². The van der Waals surface area contributed by atoms with E-state index >= 15 is 0 Å². The van der Waals surface area contributed by atoms with Gasteiger partial charge in [0.15, 0.2) is 0 Å². The van der Waals surface area contributed by atoms with Crippen molar-refractivity contribution >= 4 is 11.8 Å². The molecule has 1 aromatic rings. The fraction of sp³-hybridized carbons (Fsp3) is 0.400. The molecule has 0 unspecified atom stereocenters. The van der Waals surface area contributed by atoms with E-state index in [0.29, 0.717) is 25.1 Å². The summed E-state index contributed by atoms with van der Waals surface area (Å²) < 4.78 is 0. The summed E-state index contributed by atoms with van der Waals surface area (Å²) in [5, 5.41) is 11.5. The number of nitrogens with zero attached hydrogens (tertiary/aromatic N) is 2. The molecule has 5 nitrogen and oxygen atoms in total. The standard InChI is InChI=1S/C15H17N3O2/c16-9-12-4-6-13(7-5-12)10-17-14(19)11-18-8-2-1-3-15(18)20/h4-7H,1-3,8,10-11H2,(H,17,19). The number of hydrogen-bond donors (Lipinski definition) is 1. The first-order valence-corrected chi connectivity index (χ1v) is 6.72. The van der Waals surface area contributed by atoms with Crippen LogP contribution in [0.3, 0.4) is 0 Å². The lowest BCUT2D eigenvalue weighted by atomic mass is 10.1. The van der Waals surface area contributed by atoms with Gasteiger partial charge >= 0.3 is 0 Å². The Morgan fingerprint density at radius 1 is 1.30 bits per heavy atom. The fourth-order valence-corrected chi connectivity index (χ4v) is 2.16. The molecule has 2 rings (SSSR count). The van der Waals surface area contributed by atoms with E-state index in [-0.39, 0.29) is 18.4 Å². The molecule has 1 aliphatic rings. The number of rotatable bonds is 4. The van der Waals surface area contributed by atoms with Crippen molar-refractivity contribution in [2.45, 2.75) is 25.8 Å². The van der Waals surface area contributed by atoms with Crippen molar-refractivity contribution in [3.8, 4) is 6.07 Å². The Kier molecular flexibility index (Phi) is 4.72. The average Bonchev–Trinajstić information content (AvgIpc) is 2.48. The molecule has 104 valence electrons. The number of likely N-dealkylation sites (tertiary alicyclic amines) is 1. The highest BCUT2D eigenvalue weighted by Gasteiger charge is 2.20. The molecular weight excluding hydrogens is 254 g/mol. The molecule has 0 radical (unpaired) electrons. The molecule has 5 heteroatoms. The number of carbonyl (C=O) groups is 2. The molecule has 1 N–H and O–H groups in total. The zero-order chi connectivity index (χ0) is 14.4. The maximum atomic E-state index is 11.8. The Bertz CT molecular complexity index is 531. The van der Waals surface area contributed by atoms with Crippen LogP contribution >= 0.6 is 0 Å². The second-order valence-corrected chi connectivity index (χ2v) is 4.86. The van der Waals surface area contributed by atoms with Gasteiger partial charge in [0.05, 0.1) is 18.2 Å². The van der Waals surface area contributed by atoms with Gasteiger partial charge in [0.25, 0.3) is 0 Å². The first kappa shape index (κ1) is 14.1. The van der Waals surface area contributed by atoms with Crippen LogP contribution < -0.4 is 5.32 Å². The van der Waals surface area contributed by atoms with Crippen molar-refractivity contribution in [2.24, 2.45) is 0 Å². The highest BCUT2D eigenvalue weighted by Crippen LogP contribution is 2.09. The summed E-state index contributed by atoms with van der Waals surface area (Å²) in [7, 11) is 0. The number of carbonyl (C=O) groups excluding carboxylic acids is 2. The van der Waals surface area contributed by atoms with Crippen LogP contribution in [0.4, 0.5) is 0 Å². The molecule has 0 atom stereocenters. The van der Waals surface area contributed by atoms with Crippen molar-refractivity contribution in [3.63, 3.8) is 0 Å². The predicted molar refractivity (Wildman–Crippen MR) is 73.4 cm³/mol. The second kappa shape index (κ2) is 6.71. The first-order chi connectivity index (χ1) is 9.69. The third-order valence-corrected chi connectivity index (χ3v) is 3.33. The smallest absolute Gasteiger partial charge is 0.239 e. The second-order valence-electron chi connectivity index (χ2n) is 4.86. The van der Waals surface area contributed by atoms with Crippen LogP contribution in [0.15, 0.2) is 24.3 Å². The molecule has 1 fully saturated rings. The molecule has 20 heavy (non-hydrogen) atoms. The van der Waals surface area contributed by atoms with Crippen LogP contribution in [-0.4, -0.2) is 29.8 Å². The normalized spacial score (nSPS) is 14.8. The van der Waals surface area contributed by atoms with Gasteiger partial charge in [-0.1, -0.05) is 12.1 Å². The molecule has 1 aromatic carbocycles. The third-order valence-electron chi connectivity index (χ3n) is 3.33. The SMILES string of the molecule is N#Cc1ccc(CNC(=O)CN2CCCCC2=O)cc1. The van der Waals surface area contributed by atoms with Gasteiger partial charge in [0.1, 0.15) is 0 Å². The largest absolute Gasteiger partial charge is 0.350 e. The van der Waals surface area contributed by atoms with Crippen molar-refractivity contribution in [2.75, 3.05) is 13.1 Å². The molecule has 0 bridgehead atoms. The Morgan fingerprint density at radius 3 is 2.70 bits per heavy atom. The zero-order valence-corrected chi connectivity index (χ0v) is 11.3. The van der Waals surface area contributed by atoms with E-state index in [9.17, 15) is 9.59 Å². The van der Waals surface area contributed by atoms with Gasteiger partial charge < -0.3 is 10.2 Å². The van der Waals surface area contributed by atoms with Gasteiger partial charge in [0, 0.05) is 19.5 Å². The maximum absolute atomic E-state index is 11.8. The summed E-state index contributed by atoms with van der Waals surface area (Å²) >= 11 is 0. The molecule has 1 heterocycles. The van der Waals surface area contributed by atoms with Gasteiger partial charge in [-0.3, -0.25) is 9.59 Å². The number of piperidine rings is 1. The molecule has 0 aliphatic carbocycles. The van der Waals surface area contributed by atoms with Crippen molar-refractivity contribution in [1.29, 1.82) is 5.26 Å². The molecule has 1 aliphatic heterocycles. The van der Waals surface area contributed by atoms with E-state index in [1.54, 1.807) is 17.0 Å². The van der Waals surface area contributed by atoms with E-state index in [1.165, 1.54) is 0 Å². The Balaban J connectivity index is 1.79. The third kappa shape index (κ3) is 3.82. The Hall–Kier alpha value is -2.35. The first-order valence-electron chi connectivity index (χ1n) is 6.72. The summed E-state index contributed by atoms with van der Waals surface area (Å²) in [4.78, 5) is 25.0. The van der Waals surface area contributed by atoms with Crippen LogP contribution in [-0.2, 0) is 16.1 Å². The monoisotopic (exact) mass is 271 g/mol. The maximum Gasteiger partial charge on any atom is 0.239 e. The lowest BCUT2D eigenvalue weighted by Gasteiger charge is -2.25. The molecule has 2 amide bonds. The minimum Gasteiger partial charge on any atom is -0.350 e. The number of nitriles is 1. The van der Waals surface area contributed by atoms with E-state index in [2.05, 4.69) is 5.32 Å². The van der Waals surface area contributed by atoms with Crippen LogP contribution in [0.1, 0.15) is 30.4 Å². The summed E-state index contributed by atoms with van der Waals surface area (Å²) in [5.74, 6) is -0.0885. The number of nitrogens with one attached hydrogen (secondary N) is 1. The van der Waals surface area contributed by atoms with Gasteiger partial charge in [0.2, 0.25) is 11.8 Å². The minimum absolute atomic E-state index is 0.0600. The number of amides is 2. The Morgan fingerprint density at radius 2 is 2.05 bits per heavy atom. The van der Waals surface area contributed by atoms with Crippen LogP contribution in [0.2, 0.25) is 0 Å². The predicted octanol–water partition coefficient (Wildman–Crippen LogP) is 1.19. The summed E-state index contributed by atoms with van der Waals surface area (Å²) in [6.07, 6.45) is 2.43. The van der Waals surface area contributed by atoms with E-state index in [1.807, 2.05) is 18.2 Å². The molecular formula is C15H17N3O2. The van der Waals surface area contributed by atoms with Crippen molar-refractivity contribution in [3.05, 3.63) is 35.4 Å². The summed E-state index contributed by atoms with van der Waals surface area (Å²) in [6.45, 7) is 1.21. The highest BCUT2D eigenvalue weighted by atomic mass is 16.2. The lowest BCUT2D eigenvalue weighted by molar-refractivity contribution is -0.137. The van der Waals surface area contributed by atoms with Crippen LogP contribution in [0.25, 0.3) is 0 Å². The van der Waals surface area contributed by atoms with Gasteiger partial charge in [-0.2, -0.15) is 5.26 Å². The molecule has 0 aromatic heterocycles. The fourth-order valence-electron chi connectivity index (χ4n) is 2.16. The average molecular weight is 271 g/mol. The van der Waals surface area contributed by atoms with E-state index in [4.69, 9.17) is 5.26 Å². The van der Waals surface area contributed by atoms with Gasteiger partial charge in [-0.05, 0) is 30.5 Å². The topological polar surface area (TPSA) is 73.2 Å². The quantitative estimate of drug-likeness (QED) is 0.894. The van der Waals surface area contributed by atoms with Gasteiger partial charge in [-0.25, -0.2) is 0 Å². The van der Waals surface area contributed by atoms with E-state index < -0.39 is 0 Å². The van der Waals surface area contributed by atoms with Crippen molar-refractivity contribution < 1.29 is 9.59 Å². The minimum atomic E-state index is -0.149. The number of hydrogen-bond acceptors (Lipinski definition) is 3. The summed E-state index contributed by atoms with van der Waals surface area (Å²) in [5.41, 5.74) is 1.53. The van der Waals surface area contributed by atoms with E-state index in [0.717, 1.165) is 18.4 Å². The van der Waals surface area contributed by atoms with Crippen LogP contribution in [0, 0.1) is 11.3 Å². The zero-order valence-electron chi connectivity index (χ0n) is 11.3. The number of benzene rings is 1. The Labute approximate surface area is 118 Å².